The summed E-state index contributed by atoms with van der Waals surface area (Å²) >= 11 is 0. The first kappa shape index (κ1) is 10.8. The lowest BCUT2D eigenvalue weighted by Crippen LogP contribution is -2.24. The van der Waals surface area contributed by atoms with Gasteiger partial charge in [-0.2, -0.15) is 8.42 Å². The second-order valence-electron chi connectivity index (χ2n) is 2.19. The Kier molecular flexibility index (Phi) is 4.58. The number of rotatable bonds is 5. The minimum atomic E-state index is -4.15. The summed E-state index contributed by atoms with van der Waals surface area (Å²) in [7, 11) is -4.15. The molecule has 0 aromatic carbocycles. The molecular weight excluding hydrogens is 172 g/mol. The first-order valence-electron chi connectivity index (χ1n) is 3.20. The van der Waals surface area contributed by atoms with Crippen LogP contribution in [0.5, 0.6) is 0 Å². The van der Waals surface area contributed by atoms with Crippen LogP contribution in [0.3, 0.4) is 0 Å². The van der Waals surface area contributed by atoms with Crippen LogP contribution in [0, 0.1) is 0 Å². The fourth-order valence-corrected chi connectivity index (χ4v) is 1.31. The highest BCUT2D eigenvalue weighted by Crippen LogP contribution is 2.05. The predicted octanol–water partition coefficient (Wildman–Crippen LogP) is -0.992. The van der Waals surface area contributed by atoms with Crippen molar-refractivity contribution < 1.29 is 23.2 Å². The first-order valence-corrected chi connectivity index (χ1v) is 4.70. The lowest BCUT2D eigenvalue weighted by atomic mass is 10.2. The van der Waals surface area contributed by atoms with Crippen LogP contribution in [0.1, 0.15) is 12.8 Å². The molecule has 3 N–H and O–H groups in total. The van der Waals surface area contributed by atoms with E-state index < -0.39 is 22.0 Å². The highest BCUT2D eigenvalue weighted by atomic mass is 32.2. The van der Waals surface area contributed by atoms with Crippen LogP contribution in [-0.4, -0.2) is 41.6 Å². The van der Waals surface area contributed by atoms with Gasteiger partial charge in [0.2, 0.25) is 0 Å². The monoisotopic (exact) mass is 184 g/mol. The van der Waals surface area contributed by atoms with E-state index in [4.69, 9.17) is 14.8 Å². The number of aliphatic hydroxyl groups is 2. The van der Waals surface area contributed by atoms with Gasteiger partial charge >= 0.3 is 0 Å². The fraction of sp³-hybridized carbons (Fsp3) is 1.00. The molecule has 0 aromatic rings. The van der Waals surface area contributed by atoms with Crippen molar-refractivity contribution in [1.82, 2.24) is 0 Å². The molecule has 0 spiro atoms. The molecule has 5 nitrogen and oxygen atoms in total. The molecule has 0 saturated carbocycles. The Bertz CT molecular complexity index is 185. The van der Waals surface area contributed by atoms with Crippen LogP contribution >= 0.6 is 0 Å². The summed E-state index contributed by atoms with van der Waals surface area (Å²) in [5, 5.41) is 15.6. The second kappa shape index (κ2) is 4.66. The molecule has 0 amide bonds. The normalized spacial score (nSPS) is 14.8. The van der Waals surface area contributed by atoms with Gasteiger partial charge in [-0.1, -0.05) is 0 Å². The first-order chi connectivity index (χ1) is 5.02. The molecule has 0 aliphatic heterocycles. The molecule has 1 unspecified atom stereocenters. The summed E-state index contributed by atoms with van der Waals surface area (Å²) in [5.74, 6) is 0. The zero-order chi connectivity index (χ0) is 8.91. The molecule has 0 heterocycles. The van der Waals surface area contributed by atoms with Crippen LogP contribution in [0.4, 0.5) is 0 Å². The summed E-state index contributed by atoms with van der Waals surface area (Å²) < 4.78 is 29.2. The minimum Gasteiger partial charge on any atom is -0.396 e. The number of hydrogen-bond donors (Lipinski definition) is 3. The average molecular weight is 184 g/mol. The smallest absolute Gasteiger partial charge is 0.270 e. The molecule has 11 heavy (non-hydrogen) atoms. The third-order valence-electron chi connectivity index (χ3n) is 1.31. The summed E-state index contributed by atoms with van der Waals surface area (Å²) in [5.41, 5.74) is 0. The van der Waals surface area contributed by atoms with Crippen LogP contribution in [0.25, 0.3) is 0 Å². The minimum absolute atomic E-state index is 0.0752. The third-order valence-corrected chi connectivity index (χ3v) is 2.54. The van der Waals surface area contributed by atoms with Gasteiger partial charge in [-0.15, -0.1) is 0 Å². The molecule has 6 heteroatoms. The second-order valence-corrected chi connectivity index (χ2v) is 3.88. The Labute approximate surface area is 65.4 Å². The quantitative estimate of drug-likeness (QED) is 0.477. The number of hydrogen-bond acceptors (Lipinski definition) is 4. The lowest BCUT2D eigenvalue weighted by Gasteiger charge is -2.08. The highest BCUT2D eigenvalue weighted by Gasteiger charge is 2.20. The Morgan fingerprint density at radius 2 is 1.82 bits per heavy atom. The van der Waals surface area contributed by atoms with Crippen LogP contribution in [-0.2, 0) is 10.1 Å². The van der Waals surface area contributed by atoms with E-state index in [0.29, 0.717) is 0 Å². The van der Waals surface area contributed by atoms with Crippen molar-refractivity contribution in [3.63, 3.8) is 0 Å². The van der Waals surface area contributed by atoms with Gasteiger partial charge in [0.15, 0.2) is 0 Å². The Morgan fingerprint density at radius 1 is 1.27 bits per heavy atom. The van der Waals surface area contributed by atoms with Gasteiger partial charge in [-0.3, -0.25) is 4.55 Å². The molecule has 0 saturated heterocycles. The van der Waals surface area contributed by atoms with Crippen molar-refractivity contribution >= 4 is 10.1 Å². The van der Waals surface area contributed by atoms with Gasteiger partial charge in [0.05, 0.1) is 6.61 Å². The van der Waals surface area contributed by atoms with E-state index in [-0.39, 0.29) is 19.4 Å². The fourth-order valence-electron chi connectivity index (χ4n) is 0.653. The zero-order valence-corrected chi connectivity index (χ0v) is 6.79. The van der Waals surface area contributed by atoms with Crippen LogP contribution < -0.4 is 0 Å². The molecule has 0 aliphatic carbocycles. The standard InChI is InChI=1S/C5H12O5S/c6-3-1-2-5(4-7)11(8,9)10/h5-7H,1-4H2,(H,8,9,10). The highest BCUT2D eigenvalue weighted by molar-refractivity contribution is 7.86. The van der Waals surface area contributed by atoms with Crippen molar-refractivity contribution in [2.45, 2.75) is 18.1 Å². The van der Waals surface area contributed by atoms with Crippen molar-refractivity contribution in [2.75, 3.05) is 13.2 Å². The summed E-state index contributed by atoms with van der Waals surface area (Å²) in [4.78, 5) is 0. The Hall–Kier alpha value is -0.170. The number of aliphatic hydroxyl groups excluding tert-OH is 2. The maximum atomic E-state index is 10.4. The van der Waals surface area contributed by atoms with E-state index in [0.717, 1.165) is 0 Å². The predicted molar refractivity (Wildman–Crippen MR) is 38.7 cm³/mol. The summed E-state index contributed by atoms with van der Waals surface area (Å²) in [6, 6.07) is 0. The third kappa shape index (κ3) is 4.31. The van der Waals surface area contributed by atoms with Gasteiger partial charge in [-0.05, 0) is 12.8 Å². The van der Waals surface area contributed by atoms with Crippen molar-refractivity contribution in [3.8, 4) is 0 Å². The van der Waals surface area contributed by atoms with E-state index in [9.17, 15) is 8.42 Å². The molecule has 0 aromatic heterocycles. The van der Waals surface area contributed by atoms with Gasteiger partial charge in [0.25, 0.3) is 10.1 Å². The summed E-state index contributed by atoms with van der Waals surface area (Å²) in [6.45, 7) is -0.759. The van der Waals surface area contributed by atoms with E-state index in [1.54, 1.807) is 0 Å². The van der Waals surface area contributed by atoms with Gasteiger partial charge in [-0.25, -0.2) is 0 Å². The van der Waals surface area contributed by atoms with E-state index in [1.165, 1.54) is 0 Å². The summed E-state index contributed by atoms with van der Waals surface area (Å²) in [6.07, 6.45) is 0.330. The molecular formula is C5H12O5S. The van der Waals surface area contributed by atoms with E-state index in [1.807, 2.05) is 0 Å². The van der Waals surface area contributed by atoms with Gasteiger partial charge < -0.3 is 10.2 Å². The molecule has 1 atom stereocenters. The van der Waals surface area contributed by atoms with Gasteiger partial charge in [0.1, 0.15) is 5.25 Å². The van der Waals surface area contributed by atoms with E-state index in [2.05, 4.69) is 0 Å². The van der Waals surface area contributed by atoms with Gasteiger partial charge in [0, 0.05) is 6.61 Å². The molecule has 0 aliphatic rings. The van der Waals surface area contributed by atoms with Crippen molar-refractivity contribution in [1.29, 1.82) is 0 Å². The molecule has 0 fully saturated rings. The maximum absolute atomic E-state index is 10.4. The molecule has 0 rings (SSSR count). The largest absolute Gasteiger partial charge is 0.396 e. The topological polar surface area (TPSA) is 94.8 Å². The zero-order valence-electron chi connectivity index (χ0n) is 5.97. The SMILES string of the molecule is O=S(=O)(O)C(CO)CCCO. The molecule has 0 bridgehead atoms. The van der Waals surface area contributed by atoms with Crippen LogP contribution in [0.2, 0.25) is 0 Å². The maximum Gasteiger partial charge on any atom is 0.270 e. The Morgan fingerprint density at radius 3 is 2.09 bits per heavy atom. The van der Waals surface area contributed by atoms with Crippen molar-refractivity contribution in [2.24, 2.45) is 0 Å². The van der Waals surface area contributed by atoms with Crippen LogP contribution in [0.15, 0.2) is 0 Å². The molecule has 0 radical (unpaired) electrons. The molecule has 68 valence electrons. The van der Waals surface area contributed by atoms with Crippen molar-refractivity contribution in [3.05, 3.63) is 0 Å². The lowest BCUT2D eigenvalue weighted by molar-refractivity contribution is 0.253. The Balaban J connectivity index is 3.97. The average Bonchev–Trinajstić information content (AvgIpc) is 1.87. The van der Waals surface area contributed by atoms with E-state index >= 15 is 0 Å².